The van der Waals surface area contributed by atoms with Crippen molar-refractivity contribution < 1.29 is 9.90 Å². The van der Waals surface area contributed by atoms with Crippen LogP contribution in [0.4, 0.5) is 0 Å². The number of hydrogen-bond acceptors (Lipinski definition) is 2. The van der Waals surface area contributed by atoms with Crippen LogP contribution in [0, 0.1) is 0 Å². The number of carboxylic acids is 1. The van der Waals surface area contributed by atoms with Crippen molar-refractivity contribution >= 4 is 5.97 Å². The maximum absolute atomic E-state index is 10.9. The third-order valence-electron chi connectivity index (χ3n) is 4.93. The first-order chi connectivity index (χ1) is 11.7. The van der Waals surface area contributed by atoms with Gasteiger partial charge in [-0.05, 0) is 61.9 Å². The largest absolute Gasteiger partial charge is 0.478 e. The maximum atomic E-state index is 10.9. The molecule has 1 saturated heterocycles. The summed E-state index contributed by atoms with van der Waals surface area (Å²) in [6.45, 7) is 2.08. The second kappa shape index (κ2) is 8.11. The summed E-state index contributed by atoms with van der Waals surface area (Å²) in [5.74, 6) is -0.860. The first kappa shape index (κ1) is 16.7. The molecular weight excluding hydrogens is 298 g/mol. The lowest BCUT2D eigenvalue weighted by Crippen LogP contribution is -2.29. The summed E-state index contributed by atoms with van der Waals surface area (Å²) in [7, 11) is 0. The van der Waals surface area contributed by atoms with Gasteiger partial charge < -0.3 is 5.11 Å². The van der Waals surface area contributed by atoms with Crippen LogP contribution in [0.1, 0.15) is 47.2 Å². The highest BCUT2D eigenvalue weighted by Gasteiger charge is 2.23. The van der Waals surface area contributed by atoms with Gasteiger partial charge in [-0.25, -0.2) is 4.79 Å². The van der Waals surface area contributed by atoms with Crippen molar-refractivity contribution in [2.75, 3.05) is 6.54 Å². The molecule has 0 bridgehead atoms. The quantitative estimate of drug-likeness (QED) is 0.822. The normalized spacial score (nSPS) is 17.9. The molecule has 0 aliphatic carbocycles. The van der Waals surface area contributed by atoms with Crippen LogP contribution in [0.2, 0.25) is 0 Å². The number of carboxylic acid groups (broad SMARTS) is 1. The number of benzene rings is 2. The Morgan fingerprint density at radius 2 is 1.79 bits per heavy atom. The molecule has 0 radical (unpaired) electrons. The standard InChI is InChI=1S/C21H25NO2/c23-21(24)19-13-11-18(12-14-19)16-22-15-5-10-20(22)9-4-8-17-6-2-1-3-7-17/h1-3,6-7,11-14,20H,4-5,8-10,15-16H2,(H,23,24). The zero-order valence-corrected chi connectivity index (χ0v) is 14.0. The van der Waals surface area contributed by atoms with Crippen molar-refractivity contribution in [3.8, 4) is 0 Å². The summed E-state index contributed by atoms with van der Waals surface area (Å²) >= 11 is 0. The minimum atomic E-state index is -0.860. The van der Waals surface area contributed by atoms with E-state index in [0.717, 1.165) is 19.5 Å². The molecule has 1 aliphatic rings. The predicted octanol–water partition coefficient (Wildman–Crippen LogP) is 4.37. The van der Waals surface area contributed by atoms with Crippen LogP contribution < -0.4 is 0 Å². The van der Waals surface area contributed by atoms with Gasteiger partial charge >= 0.3 is 5.97 Å². The van der Waals surface area contributed by atoms with Crippen LogP contribution in [-0.2, 0) is 13.0 Å². The van der Waals surface area contributed by atoms with Gasteiger partial charge in [-0.2, -0.15) is 0 Å². The SMILES string of the molecule is O=C(O)c1ccc(CN2CCCC2CCCc2ccccc2)cc1. The van der Waals surface area contributed by atoms with Gasteiger partial charge in [0, 0.05) is 12.6 Å². The van der Waals surface area contributed by atoms with Gasteiger partial charge in [-0.15, -0.1) is 0 Å². The van der Waals surface area contributed by atoms with E-state index < -0.39 is 5.97 Å². The summed E-state index contributed by atoms with van der Waals surface area (Å²) in [6.07, 6.45) is 6.16. The fraction of sp³-hybridized carbons (Fsp3) is 0.381. The molecule has 0 saturated carbocycles. The van der Waals surface area contributed by atoms with E-state index in [0.29, 0.717) is 11.6 Å². The zero-order chi connectivity index (χ0) is 16.8. The second-order valence-corrected chi connectivity index (χ2v) is 6.65. The first-order valence-electron chi connectivity index (χ1n) is 8.82. The number of rotatable bonds is 7. The first-order valence-corrected chi connectivity index (χ1v) is 8.82. The Kier molecular flexibility index (Phi) is 5.65. The Bertz CT molecular complexity index is 651. The number of aryl methyl sites for hydroxylation is 1. The Morgan fingerprint density at radius 1 is 1.04 bits per heavy atom. The molecule has 126 valence electrons. The summed E-state index contributed by atoms with van der Waals surface area (Å²) in [4.78, 5) is 13.5. The number of hydrogen-bond donors (Lipinski definition) is 1. The van der Waals surface area contributed by atoms with Crippen molar-refractivity contribution in [1.29, 1.82) is 0 Å². The molecule has 24 heavy (non-hydrogen) atoms. The lowest BCUT2D eigenvalue weighted by Gasteiger charge is -2.24. The van der Waals surface area contributed by atoms with E-state index in [1.54, 1.807) is 12.1 Å². The molecule has 1 fully saturated rings. The van der Waals surface area contributed by atoms with Crippen LogP contribution in [-0.4, -0.2) is 28.6 Å². The number of nitrogens with zero attached hydrogens (tertiary/aromatic N) is 1. The minimum Gasteiger partial charge on any atom is -0.478 e. The Balaban J connectivity index is 1.50. The molecule has 3 rings (SSSR count). The van der Waals surface area contributed by atoms with Gasteiger partial charge in [-0.3, -0.25) is 4.90 Å². The Labute approximate surface area is 143 Å². The van der Waals surface area contributed by atoms with Gasteiger partial charge in [-0.1, -0.05) is 42.5 Å². The van der Waals surface area contributed by atoms with Crippen molar-refractivity contribution in [1.82, 2.24) is 4.90 Å². The average Bonchev–Trinajstić information content (AvgIpc) is 3.03. The minimum absolute atomic E-state index is 0.361. The maximum Gasteiger partial charge on any atom is 0.335 e. The van der Waals surface area contributed by atoms with Gasteiger partial charge in [0.1, 0.15) is 0 Å². The van der Waals surface area contributed by atoms with E-state index in [1.807, 2.05) is 12.1 Å². The topological polar surface area (TPSA) is 40.5 Å². The number of likely N-dealkylation sites (tertiary alicyclic amines) is 1. The van der Waals surface area contributed by atoms with Crippen LogP contribution >= 0.6 is 0 Å². The summed E-state index contributed by atoms with van der Waals surface area (Å²) in [6, 6.07) is 18.7. The smallest absolute Gasteiger partial charge is 0.335 e. The third kappa shape index (κ3) is 4.45. The van der Waals surface area contributed by atoms with Crippen LogP contribution in [0.25, 0.3) is 0 Å². The lowest BCUT2D eigenvalue weighted by molar-refractivity contribution is 0.0697. The van der Waals surface area contributed by atoms with E-state index in [9.17, 15) is 4.79 Å². The fourth-order valence-corrected chi connectivity index (χ4v) is 3.60. The van der Waals surface area contributed by atoms with E-state index in [2.05, 4.69) is 35.2 Å². The Hall–Kier alpha value is -2.13. The molecule has 1 atom stereocenters. The van der Waals surface area contributed by atoms with Crippen molar-refractivity contribution in [2.24, 2.45) is 0 Å². The third-order valence-corrected chi connectivity index (χ3v) is 4.93. The fourth-order valence-electron chi connectivity index (χ4n) is 3.60. The summed E-state index contributed by atoms with van der Waals surface area (Å²) in [5.41, 5.74) is 2.99. The van der Waals surface area contributed by atoms with Gasteiger partial charge in [0.15, 0.2) is 0 Å². The average molecular weight is 323 g/mol. The highest BCUT2D eigenvalue weighted by atomic mass is 16.4. The molecule has 1 unspecified atom stereocenters. The molecule has 3 heteroatoms. The molecule has 2 aromatic rings. The molecule has 0 aromatic heterocycles. The molecule has 1 aliphatic heterocycles. The van der Waals surface area contributed by atoms with Crippen LogP contribution in [0.3, 0.4) is 0 Å². The molecule has 1 N–H and O–H groups in total. The molecule has 0 amide bonds. The van der Waals surface area contributed by atoms with E-state index in [4.69, 9.17) is 5.11 Å². The highest BCUT2D eigenvalue weighted by Crippen LogP contribution is 2.24. The van der Waals surface area contributed by atoms with Crippen molar-refractivity contribution in [3.63, 3.8) is 0 Å². The van der Waals surface area contributed by atoms with E-state index >= 15 is 0 Å². The van der Waals surface area contributed by atoms with Crippen LogP contribution in [0.5, 0.6) is 0 Å². The second-order valence-electron chi connectivity index (χ2n) is 6.65. The van der Waals surface area contributed by atoms with E-state index in [-0.39, 0.29) is 0 Å². The predicted molar refractivity (Wildman–Crippen MR) is 96.2 cm³/mol. The molecular formula is C21H25NO2. The molecule has 1 heterocycles. The van der Waals surface area contributed by atoms with Gasteiger partial charge in [0.05, 0.1) is 5.56 Å². The molecule has 2 aromatic carbocycles. The van der Waals surface area contributed by atoms with Crippen molar-refractivity contribution in [2.45, 2.75) is 44.7 Å². The van der Waals surface area contributed by atoms with Crippen molar-refractivity contribution in [3.05, 3.63) is 71.3 Å². The number of aromatic carboxylic acids is 1. The summed E-state index contributed by atoms with van der Waals surface area (Å²) in [5, 5.41) is 8.98. The molecule has 0 spiro atoms. The van der Waals surface area contributed by atoms with Gasteiger partial charge in [0.25, 0.3) is 0 Å². The van der Waals surface area contributed by atoms with E-state index in [1.165, 1.54) is 36.8 Å². The van der Waals surface area contributed by atoms with Gasteiger partial charge in [0.2, 0.25) is 0 Å². The number of carbonyl (C=O) groups is 1. The van der Waals surface area contributed by atoms with Crippen LogP contribution in [0.15, 0.2) is 54.6 Å². The Morgan fingerprint density at radius 3 is 2.50 bits per heavy atom. The zero-order valence-electron chi connectivity index (χ0n) is 14.0. The highest BCUT2D eigenvalue weighted by molar-refractivity contribution is 5.87. The lowest BCUT2D eigenvalue weighted by atomic mass is 10.0. The molecule has 3 nitrogen and oxygen atoms in total. The monoisotopic (exact) mass is 323 g/mol. The summed E-state index contributed by atoms with van der Waals surface area (Å²) < 4.78 is 0.